The number of nitrogen functional groups attached to an aromatic ring is 1. The number of nitrogens with two attached hydrogens (primary N) is 1. The van der Waals surface area contributed by atoms with Gasteiger partial charge >= 0.3 is 0 Å². The highest BCUT2D eigenvalue weighted by Crippen LogP contribution is 2.13. The van der Waals surface area contributed by atoms with Crippen molar-refractivity contribution in [3.05, 3.63) is 24.3 Å². The lowest BCUT2D eigenvalue weighted by Crippen LogP contribution is -2.35. The van der Waals surface area contributed by atoms with Gasteiger partial charge in [0.15, 0.2) is 0 Å². The minimum absolute atomic E-state index is 0.699. The summed E-state index contributed by atoms with van der Waals surface area (Å²) in [5, 5.41) is 0. The van der Waals surface area contributed by atoms with Crippen molar-refractivity contribution in [2.75, 3.05) is 52.6 Å². The van der Waals surface area contributed by atoms with Crippen LogP contribution in [0.5, 0.6) is 5.75 Å². The molecule has 0 aliphatic heterocycles. The highest BCUT2D eigenvalue weighted by atomic mass is 16.5. The predicted molar refractivity (Wildman–Crippen MR) is 90.8 cm³/mol. The maximum Gasteiger partial charge on any atom is 0.119 e. The minimum atomic E-state index is 0.699. The molecule has 4 heteroatoms. The molecule has 4 nitrogen and oxygen atoms in total. The second-order valence-electron chi connectivity index (χ2n) is 6.27. The van der Waals surface area contributed by atoms with Crippen molar-refractivity contribution in [2.24, 2.45) is 5.92 Å². The van der Waals surface area contributed by atoms with E-state index in [9.17, 15) is 0 Å². The molecule has 0 saturated heterocycles. The molecule has 21 heavy (non-hydrogen) atoms. The Hall–Kier alpha value is -1.26. The maximum absolute atomic E-state index is 5.75. The van der Waals surface area contributed by atoms with Crippen LogP contribution < -0.4 is 10.5 Å². The van der Waals surface area contributed by atoms with Gasteiger partial charge in [-0.1, -0.05) is 13.8 Å². The quantitative estimate of drug-likeness (QED) is 0.532. The first-order valence-corrected chi connectivity index (χ1v) is 7.83. The molecule has 0 unspecified atom stereocenters. The van der Waals surface area contributed by atoms with Crippen molar-refractivity contribution in [3.8, 4) is 5.75 Å². The molecule has 0 spiro atoms. The van der Waals surface area contributed by atoms with Gasteiger partial charge in [0, 0.05) is 31.9 Å². The van der Waals surface area contributed by atoms with Gasteiger partial charge in [-0.3, -0.25) is 0 Å². The topological polar surface area (TPSA) is 41.7 Å². The number of benzene rings is 1. The lowest BCUT2D eigenvalue weighted by molar-refractivity contribution is 0.199. The van der Waals surface area contributed by atoms with Gasteiger partial charge in [-0.15, -0.1) is 0 Å². The largest absolute Gasteiger partial charge is 0.494 e. The standard InChI is InChI=1S/C17H31N3O/c1-15(2)14-20(12-11-19(3)4)10-5-13-21-17-8-6-16(18)7-9-17/h6-9,15H,5,10-14,18H2,1-4H3. The number of hydrogen-bond acceptors (Lipinski definition) is 4. The van der Waals surface area contributed by atoms with Gasteiger partial charge in [0.2, 0.25) is 0 Å². The predicted octanol–water partition coefficient (Wildman–Crippen LogP) is 2.56. The summed E-state index contributed by atoms with van der Waals surface area (Å²) in [6, 6.07) is 7.59. The Morgan fingerprint density at radius 2 is 1.71 bits per heavy atom. The van der Waals surface area contributed by atoms with Crippen LogP contribution in [0.15, 0.2) is 24.3 Å². The third kappa shape index (κ3) is 8.58. The van der Waals surface area contributed by atoms with Crippen molar-refractivity contribution < 1.29 is 4.74 Å². The monoisotopic (exact) mass is 293 g/mol. The van der Waals surface area contributed by atoms with Crippen molar-refractivity contribution in [1.82, 2.24) is 9.80 Å². The summed E-state index contributed by atoms with van der Waals surface area (Å²) in [7, 11) is 4.25. The molecule has 0 bridgehead atoms. The normalized spacial score (nSPS) is 11.6. The van der Waals surface area contributed by atoms with Crippen LogP contribution in [-0.2, 0) is 0 Å². The second-order valence-corrected chi connectivity index (χ2v) is 6.27. The SMILES string of the molecule is CC(C)CN(CCCOc1ccc(N)cc1)CCN(C)C. The van der Waals surface area contributed by atoms with E-state index in [1.54, 1.807) is 0 Å². The van der Waals surface area contributed by atoms with Gasteiger partial charge in [0.05, 0.1) is 6.61 Å². The molecule has 0 aliphatic rings. The molecule has 1 aromatic rings. The molecule has 0 aliphatic carbocycles. The summed E-state index contributed by atoms with van der Waals surface area (Å²) >= 11 is 0. The smallest absolute Gasteiger partial charge is 0.119 e. The molecule has 1 aromatic carbocycles. The number of anilines is 1. The average Bonchev–Trinajstić information content (AvgIpc) is 2.42. The zero-order valence-electron chi connectivity index (χ0n) is 14.0. The maximum atomic E-state index is 5.75. The molecule has 0 amide bonds. The van der Waals surface area contributed by atoms with E-state index >= 15 is 0 Å². The summed E-state index contributed by atoms with van der Waals surface area (Å²) in [4.78, 5) is 4.76. The molecule has 120 valence electrons. The van der Waals surface area contributed by atoms with E-state index in [2.05, 4.69) is 37.7 Å². The molecule has 0 fully saturated rings. The molecular weight excluding hydrogens is 262 g/mol. The Labute approximate surface area is 129 Å². The summed E-state index contributed by atoms with van der Waals surface area (Å²) in [5.41, 5.74) is 6.43. The number of likely N-dealkylation sites (N-methyl/N-ethyl adjacent to an activating group) is 1. The van der Waals surface area contributed by atoms with E-state index in [0.29, 0.717) is 5.92 Å². The molecule has 0 heterocycles. The van der Waals surface area contributed by atoms with E-state index < -0.39 is 0 Å². The first-order valence-electron chi connectivity index (χ1n) is 7.83. The van der Waals surface area contributed by atoms with Gasteiger partial charge in [-0.05, 0) is 50.7 Å². The lowest BCUT2D eigenvalue weighted by Gasteiger charge is -2.25. The fraction of sp³-hybridized carbons (Fsp3) is 0.647. The molecule has 0 atom stereocenters. The van der Waals surface area contributed by atoms with Crippen molar-refractivity contribution in [2.45, 2.75) is 20.3 Å². The van der Waals surface area contributed by atoms with Crippen LogP contribution in [0.25, 0.3) is 0 Å². The Balaban J connectivity index is 2.26. The number of ether oxygens (including phenoxy) is 1. The van der Waals surface area contributed by atoms with Gasteiger partial charge < -0.3 is 20.3 Å². The van der Waals surface area contributed by atoms with Crippen LogP contribution in [-0.4, -0.2) is 56.7 Å². The van der Waals surface area contributed by atoms with Crippen molar-refractivity contribution in [1.29, 1.82) is 0 Å². The molecule has 0 aromatic heterocycles. The summed E-state index contributed by atoms with van der Waals surface area (Å²) in [5.74, 6) is 1.60. The van der Waals surface area contributed by atoms with Crippen LogP contribution in [0, 0.1) is 5.92 Å². The zero-order chi connectivity index (χ0) is 15.7. The van der Waals surface area contributed by atoms with E-state index in [4.69, 9.17) is 10.5 Å². The summed E-state index contributed by atoms with van der Waals surface area (Å²) < 4.78 is 5.75. The highest BCUT2D eigenvalue weighted by molar-refractivity contribution is 5.41. The molecule has 1 rings (SSSR count). The van der Waals surface area contributed by atoms with Gasteiger partial charge in [0.25, 0.3) is 0 Å². The first kappa shape index (κ1) is 17.8. The number of hydrogen-bond donors (Lipinski definition) is 1. The van der Waals surface area contributed by atoms with Crippen LogP contribution in [0.3, 0.4) is 0 Å². The number of nitrogens with zero attached hydrogens (tertiary/aromatic N) is 2. The van der Waals surface area contributed by atoms with Crippen LogP contribution in [0.1, 0.15) is 20.3 Å². The Bertz CT molecular complexity index is 376. The summed E-state index contributed by atoms with van der Waals surface area (Å²) in [6.45, 7) is 9.75. The molecule has 0 radical (unpaired) electrons. The zero-order valence-corrected chi connectivity index (χ0v) is 14.0. The Kier molecular flexibility index (Phi) is 8.16. The van der Waals surface area contributed by atoms with Gasteiger partial charge in [-0.2, -0.15) is 0 Å². The van der Waals surface area contributed by atoms with Crippen LogP contribution >= 0.6 is 0 Å². The Morgan fingerprint density at radius 1 is 1.05 bits per heavy atom. The van der Waals surface area contributed by atoms with E-state index in [0.717, 1.165) is 50.6 Å². The number of rotatable bonds is 10. The van der Waals surface area contributed by atoms with Gasteiger partial charge in [-0.25, -0.2) is 0 Å². The average molecular weight is 293 g/mol. The Morgan fingerprint density at radius 3 is 2.29 bits per heavy atom. The third-order valence-electron chi connectivity index (χ3n) is 3.25. The van der Waals surface area contributed by atoms with Crippen LogP contribution in [0.4, 0.5) is 5.69 Å². The second kappa shape index (κ2) is 9.64. The fourth-order valence-corrected chi connectivity index (χ4v) is 2.19. The van der Waals surface area contributed by atoms with Crippen molar-refractivity contribution >= 4 is 5.69 Å². The van der Waals surface area contributed by atoms with E-state index in [1.807, 2.05) is 24.3 Å². The summed E-state index contributed by atoms with van der Waals surface area (Å²) in [6.07, 6.45) is 1.05. The minimum Gasteiger partial charge on any atom is -0.494 e. The molecule has 0 saturated carbocycles. The lowest BCUT2D eigenvalue weighted by atomic mass is 10.2. The van der Waals surface area contributed by atoms with E-state index in [1.165, 1.54) is 0 Å². The van der Waals surface area contributed by atoms with Gasteiger partial charge in [0.1, 0.15) is 5.75 Å². The third-order valence-corrected chi connectivity index (χ3v) is 3.25. The molecule has 2 N–H and O–H groups in total. The fourth-order valence-electron chi connectivity index (χ4n) is 2.19. The molecular formula is C17H31N3O. The van der Waals surface area contributed by atoms with Crippen LogP contribution in [0.2, 0.25) is 0 Å². The van der Waals surface area contributed by atoms with Crippen molar-refractivity contribution in [3.63, 3.8) is 0 Å². The first-order chi connectivity index (χ1) is 9.97. The van der Waals surface area contributed by atoms with E-state index in [-0.39, 0.29) is 0 Å². The highest BCUT2D eigenvalue weighted by Gasteiger charge is 2.07.